The molecule has 0 saturated carbocycles. The Morgan fingerprint density at radius 1 is 1.45 bits per heavy atom. The summed E-state index contributed by atoms with van der Waals surface area (Å²) in [5.74, 6) is -0.247. The van der Waals surface area contributed by atoms with Crippen molar-refractivity contribution in [2.45, 2.75) is 12.5 Å². The van der Waals surface area contributed by atoms with Crippen LogP contribution in [0.4, 0.5) is 0 Å². The molecule has 2 rings (SSSR count). The molecule has 1 atom stereocenters. The lowest BCUT2D eigenvalue weighted by Crippen LogP contribution is -2.28. The average molecular weight is 324 g/mol. The summed E-state index contributed by atoms with van der Waals surface area (Å²) in [5.41, 5.74) is 1.90. The lowest BCUT2D eigenvalue weighted by atomic mass is 10.1. The number of nitrogens with zero attached hydrogens (tertiary/aromatic N) is 1. The smallest absolute Gasteiger partial charge is 0.255 e. The van der Waals surface area contributed by atoms with Crippen LogP contribution in [0.1, 0.15) is 16.8 Å². The number of carbonyl (C=O) groups excluding carboxylic acids is 1. The van der Waals surface area contributed by atoms with Gasteiger partial charge in [0.15, 0.2) is 0 Å². The molecule has 22 heavy (non-hydrogen) atoms. The zero-order valence-electron chi connectivity index (χ0n) is 12.2. The van der Waals surface area contributed by atoms with Crippen molar-refractivity contribution in [1.29, 1.82) is 0 Å². The number of hydrogen-bond donors (Lipinski definition) is 3. The van der Waals surface area contributed by atoms with E-state index in [2.05, 4.69) is 15.5 Å². The predicted octanol–water partition coefficient (Wildman–Crippen LogP) is 1.86. The first-order valence-corrected chi connectivity index (χ1v) is 7.24. The fourth-order valence-corrected chi connectivity index (χ4v) is 2.14. The lowest BCUT2D eigenvalue weighted by molar-refractivity contribution is 0.0588. The minimum absolute atomic E-state index is 0.247. The third-order valence-corrected chi connectivity index (χ3v) is 3.39. The van der Waals surface area contributed by atoms with Crippen LogP contribution in [-0.4, -0.2) is 47.6 Å². The van der Waals surface area contributed by atoms with Crippen LogP contribution in [0, 0.1) is 0 Å². The highest BCUT2D eigenvalue weighted by Gasteiger charge is 2.15. The van der Waals surface area contributed by atoms with Crippen molar-refractivity contribution in [2.75, 3.05) is 20.3 Å². The Hall–Kier alpha value is -1.89. The molecule has 2 aromatic rings. The van der Waals surface area contributed by atoms with E-state index in [1.807, 2.05) is 12.1 Å². The molecule has 0 radical (unpaired) electrons. The number of rotatable bonds is 7. The summed E-state index contributed by atoms with van der Waals surface area (Å²) in [4.78, 5) is 12.2. The summed E-state index contributed by atoms with van der Waals surface area (Å²) >= 11 is 5.86. The van der Waals surface area contributed by atoms with Crippen LogP contribution in [0.15, 0.2) is 30.5 Å². The van der Waals surface area contributed by atoms with Crippen molar-refractivity contribution in [2.24, 2.45) is 0 Å². The maximum atomic E-state index is 12.2. The molecule has 0 spiro atoms. The molecule has 0 aliphatic heterocycles. The number of aliphatic hydroxyl groups is 1. The standard InChI is InChI=1S/C15H18ClN3O3/c1-22-9-12(20)6-7-17-15(21)13-8-18-19-14(13)10-2-4-11(16)5-3-10/h2-5,8,12,20H,6-7,9H2,1H3,(H,17,21)(H,18,19). The van der Waals surface area contributed by atoms with Gasteiger partial charge in [-0.15, -0.1) is 0 Å². The Balaban J connectivity index is 1.99. The van der Waals surface area contributed by atoms with Crippen molar-refractivity contribution in [3.63, 3.8) is 0 Å². The number of methoxy groups -OCH3 is 1. The Morgan fingerprint density at radius 2 is 2.18 bits per heavy atom. The highest BCUT2D eigenvalue weighted by molar-refractivity contribution is 6.30. The van der Waals surface area contributed by atoms with Crippen molar-refractivity contribution in [1.82, 2.24) is 15.5 Å². The molecule has 3 N–H and O–H groups in total. The third kappa shape index (κ3) is 4.30. The quantitative estimate of drug-likeness (QED) is 0.725. The second kappa shape index (κ2) is 7.93. The van der Waals surface area contributed by atoms with Gasteiger partial charge >= 0.3 is 0 Å². The number of aromatic nitrogens is 2. The number of nitrogens with one attached hydrogen (secondary N) is 2. The molecule has 0 aliphatic carbocycles. The van der Waals surface area contributed by atoms with E-state index < -0.39 is 6.10 Å². The molecule has 1 amide bonds. The lowest BCUT2D eigenvalue weighted by Gasteiger charge is -2.10. The highest BCUT2D eigenvalue weighted by atomic mass is 35.5. The van der Waals surface area contributed by atoms with Crippen molar-refractivity contribution >= 4 is 17.5 Å². The third-order valence-electron chi connectivity index (χ3n) is 3.14. The molecule has 1 unspecified atom stereocenters. The van der Waals surface area contributed by atoms with E-state index in [0.717, 1.165) is 5.56 Å². The first-order chi connectivity index (χ1) is 10.6. The average Bonchev–Trinajstić information content (AvgIpc) is 2.97. The molecular weight excluding hydrogens is 306 g/mol. The highest BCUT2D eigenvalue weighted by Crippen LogP contribution is 2.22. The van der Waals surface area contributed by atoms with E-state index in [-0.39, 0.29) is 12.5 Å². The maximum absolute atomic E-state index is 12.2. The first-order valence-electron chi connectivity index (χ1n) is 6.86. The molecule has 1 aromatic heterocycles. The Bertz CT molecular complexity index is 613. The summed E-state index contributed by atoms with van der Waals surface area (Å²) in [5, 5.41) is 19.7. The Labute approximate surface area is 133 Å². The van der Waals surface area contributed by atoms with Gasteiger partial charge in [0, 0.05) is 24.2 Å². The second-order valence-electron chi connectivity index (χ2n) is 4.82. The second-order valence-corrected chi connectivity index (χ2v) is 5.26. The monoisotopic (exact) mass is 323 g/mol. The molecule has 1 heterocycles. The Morgan fingerprint density at radius 3 is 2.86 bits per heavy atom. The van der Waals surface area contributed by atoms with Crippen LogP contribution >= 0.6 is 11.6 Å². The van der Waals surface area contributed by atoms with E-state index in [1.165, 1.54) is 13.3 Å². The van der Waals surface area contributed by atoms with Crippen LogP contribution in [0.2, 0.25) is 5.02 Å². The molecule has 6 nitrogen and oxygen atoms in total. The number of amides is 1. The van der Waals surface area contributed by atoms with E-state index >= 15 is 0 Å². The van der Waals surface area contributed by atoms with Gasteiger partial charge in [-0.3, -0.25) is 9.89 Å². The molecule has 0 saturated heterocycles. The summed E-state index contributed by atoms with van der Waals surface area (Å²) in [6, 6.07) is 7.13. The molecule has 7 heteroatoms. The zero-order valence-corrected chi connectivity index (χ0v) is 12.9. The van der Waals surface area contributed by atoms with Gasteiger partial charge in [-0.1, -0.05) is 23.7 Å². The SMILES string of the molecule is COCC(O)CCNC(=O)c1cn[nH]c1-c1ccc(Cl)cc1. The van der Waals surface area contributed by atoms with E-state index in [4.69, 9.17) is 16.3 Å². The molecule has 118 valence electrons. The number of aliphatic hydroxyl groups excluding tert-OH is 1. The number of halogens is 1. The van der Waals surface area contributed by atoms with Crippen molar-refractivity contribution in [3.05, 3.63) is 41.0 Å². The predicted molar refractivity (Wildman–Crippen MR) is 83.9 cm³/mol. The minimum Gasteiger partial charge on any atom is -0.391 e. The first kappa shape index (κ1) is 16.5. The number of hydrogen-bond acceptors (Lipinski definition) is 4. The Kier molecular flexibility index (Phi) is 5.94. The fourth-order valence-electron chi connectivity index (χ4n) is 2.02. The largest absolute Gasteiger partial charge is 0.391 e. The van der Waals surface area contributed by atoms with Gasteiger partial charge in [-0.25, -0.2) is 0 Å². The maximum Gasteiger partial charge on any atom is 0.255 e. The fraction of sp³-hybridized carbons (Fsp3) is 0.333. The summed E-state index contributed by atoms with van der Waals surface area (Å²) < 4.78 is 4.83. The van der Waals surface area contributed by atoms with Gasteiger partial charge < -0.3 is 15.2 Å². The van der Waals surface area contributed by atoms with Gasteiger partial charge in [0.05, 0.1) is 30.2 Å². The van der Waals surface area contributed by atoms with Crippen LogP contribution in [0.25, 0.3) is 11.3 Å². The van der Waals surface area contributed by atoms with Gasteiger partial charge in [-0.05, 0) is 18.6 Å². The number of H-pyrrole nitrogens is 1. The number of aromatic amines is 1. The zero-order chi connectivity index (χ0) is 15.9. The van der Waals surface area contributed by atoms with Crippen LogP contribution < -0.4 is 5.32 Å². The normalized spacial score (nSPS) is 12.1. The van der Waals surface area contributed by atoms with Crippen LogP contribution in [0.5, 0.6) is 0 Å². The van der Waals surface area contributed by atoms with E-state index in [0.29, 0.717) is 29.2 Å². The minimum atomic E-state index is -0.592. The van der Waals surface area contributed by atoms with Crippen molar-refractivity contribution in [3.8, 4) is 11.3 Å². The number of carbonyl (C=O) groups is 1. The number of benzene rings is 1. The summed E-state index contributed by atoms with van der Waals surface area (Å²) in [6.45, 7) is 0.603. The van der Waals surface area contributed by atoms with Gasteiger partial charge in [0.1, 0.15) is 0 Å². The number of ether oxygens (including phenoxy) is 1. The van der Waals surface area contributed by atoms with Gasteiger partial charge in [-0.2, -0.15) is 5.10 Å². The van der Waals surface area contributed by atoms with E-state index in [1.54, 1.807) is 12.1 Å². The van der Waals surface area contributed by atoms with Crippen molar-refractivity contribution < 1.29 is 14.6 Å². The molecular formula is C15H18ClN3O3. The molecule has 1 aromatic carbocycles. The molecule has 0 bridgehead atoms. The molecule has 0 fully saturated rings. The van der Waals surface area contributed by atoms with E-state index in [9.17, 15) is 9.90 Å². The van der Waals surface area contributed by atoms with Crippen LogP contribution in [-0.2, 0) is 4.74 Å². The van der Waals surface area contributed by atoms with Gasteiger partial charge in [0.2, 0.25) is 0 Å². The molecule has 0 aliphatic rings. The van der Waals surface area contributed by atoms with Crippen LogP contribution in [0.3, 0.4) is 0 Å². The summed E-state index contributed by atoms with van der Waals surface area (Å²) in [7, 11) is 1.52. The topological polar surface area (TPSA) is 87.2 Å². The van der Waals surface area contributed by atoms with Gasteiger partial charge in [0.25, 0.3) is 5.91 Å². The summed E-state index contributed by atoms with van der Waals surface area (Å²) in [6.07, 6.45) is 1.31.